The lowest BCUT2D eigenvalue weighted by Crippen LogP contribution is -2.40. The molecule has 34 heavy (non-hydrogen) atoms. The molecule has 1 aromatic heterocycles. The van der Waals surface area contributed by atoms with Crippen LogP contribution < -0.4 is 10.2 Å². The van der Waals surface area contributed by atoms with Gasteiger partial charge in [-0.15, -0.1) is 0 Å². The van der Waals surface area contributed by atoms with Crippen LogP contribution in [0.25, 0.3) is 0 Å². The van der Waals surface area contributed by atoms with E-state index in [9.17, 15) is 18.4 Å². The second-order valence-electron chi connectivity index (χ2n) is 7.83. The fourth-order valence-electron chi connectivity index (χ4n) is 3.92. The Hall–Kier alpha value is -4.08. The normalized spacial score (nSPS) is 15.2. The van der Waals surface area contributed by atoms with Gasteiger partial charge in [-0.25, -0.2) is 18.3 Å². The van der Waals surface area contributed by atoms with Crippen molar-refractivity contribution < 1.29 is 23.1 Å². The van der Waals surface area contributed by atoms with E-state index in [1.165, 1.54) is 11.2 Å². The Bertz CT molecular complexity index is 1250. The van der Waals surface area contributed by atoms with E-state index in [2.05, 4.69) is 15.4 Å². The van der Waals surface area contributed by atoms with Crippen molar-refractivity contribution in [2.75, 3.05) is 23.4 Å². The standard InChI is InChI=1S/C24H23F2N5O3/c1-4-34-23(33)21-15(3)30(12-20(32)29-19-10-17(25)9-18(26)11-19)24-27-13-28-31(24)22(21)16-7-5-14(2)6-8-16/h5-11,13,22H,4,12H2,1-3H3,(H,29,32)/t22-/m1/s1. The van der Waals surface area contributed by atoms with Gasteiger partial charge in [-0.05, 0) is 38.5 Å². The number of aryl methyl sites for hydroxylation is 1. The summed E-state index contributed by atoms with van der Waals surface area (Å²) >= 11 is 0. The van der Waals surface area contributed by atoms with E-state index in [0.717, 1.165) is 23.3 Å². The monoisotopic (exact) mass is 467 g/mol. The first-order chi connectivity index (χ1) is 16.3. The van der Waals surface area contributed by atoms with Crippen LogP contribution in [-0.2, 0) is 14.3 Å². The lowest BCUT2D eigenvalue weighted by atomic mass is 9.94. The van der Waals surface area contributed by atoms with Gasteiger partial charge < -0.3 is 15.0 Å². The number of hydrogen-bond acceptors (Lipinski definition) is 6. The minimum absolute atomic E-state index is 0.0224. The van der Waals surface area contributed by atoms with Crippen LogP contribution in [0.15, 0.2) is 60.1 Å². The molecule has 1 atom stereocenters. The average Bonchev–Trinajstić information content (AvgIpc) is 3.25. The molecule has 1 aliphatic rings. The highest BCUT2D eigenvalue weighted by atomic mass is 19.1. The van der Waals surface area contributed by atoms with E-state index in [1.807, 2.05) is 31.2 Å². The summed E-state index contributed by atoms with van der Waals surface area (Å²) in [6.07, 6.45) is 1.34. The van der Waals surface area contributed by atoms with Crippen LogP contribution >= 0.6 is 0 Å². The molecule has 3 aromatic rings. The molecule has 2 heterocycles. The summed E-state index contributed by atoms with van der Waals surface area (Å²) in [5.41, 5.74) is 2.62. The van der Waals surface area contributed by atoms with E-state index in [0.29, 0.717) is 23.3 Å². The summed E-state index contributed by atoms with van der Waals surface area (Å²) in [6.45, 7) is 5.27. The van der Waals surface area contributed by atoms with Gasteiger partial charge in [0, 0.05) is 17.5 Å². The molecule has 0 fully saturated rings. The van der Waals surface area contributed by atoms with Gasteiger partial charge in [0.2, 0.25) is 11.9 Å². The number of nitrogens with one attached hydrogen (secondary N) is 1. The van der Waals surface area contributed by atoms with E-state index >= 15 is 0 Å². The summed E-state index contributed by atoms with van der Waals surface area (Å²) < 4.78 is 33.9. The second-order valence-corrected chi connectivity index (χ2v) is 7.83. The molecule has 10 heteroatoms. The van der Waals surface area contributed by atoms with Gasteiger partial charge in [-0.2, -0.15) is 10.1 Å². The number of carbonyl (C=O) groups is 2. The third kappa shape index (κ3) is 4.52. The molecule has 0 spiro atoms. The minimum Gasteiger partial charge on any atom is -0.463 e. The third-order valence-electron chi connectivity index (χ3n) is 5.44. The number of anilines is 2. The summed E-state index contributed by atoms with van der Waals surface area (Å²) in [4.78, 5) is 31.6. The van der Waals surface area contributed by atoms with Crippen LogP contribution in [-0.4, -0.2) is 39.8 Å². The van der Waals surface area contributed by atoms with Crippen LogP contribution in [0.2, 0.25) is 0 Å². The number of esters is 1. The Labute approximate surface area is 194 Å². The zero-order valence-corrected chi connectivity index (χ0v) is 18.9. The Balaban J connectivity index is 1.72. The minimum atomic E-state index is -0.811. The predicted octanol–water partition coefficient (Wildman–Crippen LogP) is 3.75. The van der Waals surface area contributed by atoms with Crippen molar-refractivity contribution in [3.05, 3.63) is 82.8 Å². The number of halogens is 2. The smallest absolute Gasteiger partial charge is 0.338 e. The first-order valence-corrected chi connectivity index (χ1v) is 10.7. The molecule has 2 aromatic carbocycles. The Morgan fingerprint density at radius 2 is 1.76 bits per heavy atom. The summed E-state index contributed by atoms with van der Waals surface area (Å²) in [7, 11) is 0. The highest BCUT2D eigenvalue weighted by Gasteiger charge is 2.38. The van der Waals surface area contributed by atoms with Crippen molar-refractivity contribution in [2.45, 2.75) is 26.8 Å². The first kappa shape index (κ1) is 23.1. The fourth-order valence-corrected chi connectivity index (χ4v) is 3.92. The van der Waals surface area contributed by atoms with E-state index < -0.39 is 29.6 Å². The van der Waals surface area contributed by atoms with Crippen LogP contribution in [0.4, 0.5) is 20.4 Å². The summed E-state index contributed by atoms with van der Waals surface area (Å²) in [5, 5.41) is 6.80. The molecule has 0 saturated heterocycles. The number of aromatic nitrogens is 3. The third-order valence-corrected chi connectivity index (χ3v) is 5.44. The summed E-state index contributed by atoms with van der Waals surface area (Å²) in [5.74, 6) is -2.37. The second kappa shape index (κ2) is 9.42. The Morgan fingerprint density at radius 1 is 1.09 bits per heavy atom. The Morgan fingerprint density at radius 3 is 2.41 bits per heavy atom. The van der Waals surface area contributed by atoms with Crippen molar-refractivity contribution >= 4 is 23.5 Å². The molecule has 8 nitrogen and oxygen atoms in total. The van der Waals surface area contributed by atoms with E-state index in [1.54, 1.807) is 18.5 Å². The van der Waals surface area contributed by atoms with Gasteiger partial charge >= 0.3 is 5.97 Å². The zero-order chi connectivity index (χ0) is 24.4. The average molecular weight is 467 g/mol. The molecule has 4 rings (SSSR count). The number of carbonyl (C=O) groups excluding carboxylic acids is 2. The molecule has 0 saturated carbocycles. The molecule has 176 valence electrons. The van der Waals surface area contributed by atoms with Crippen molar-refractivity contribution in [1.82, 2.24) is 14.8 Å². The number of allylic oxidation sites excluding steroid dienone is 1. The molecule has 1 aliphatic heterocycles. The lowest BCUT2D eigenvalue weighted by Gasteiger charge is -2.35. The predicted molar refractivity (Wildman–Crippen MR) is 121 cm³/mol. The van der Waals surface area contributed by atoms with Crippen molar-refractivity contribution in [2.24, 2.45) is 0 Å². The van der Waals surface area contributed by atoms with Gasteiger partial charge in [0.1, 0.15) is 30.5 Å². The first-order valence-electron chi connectivity index (χ1n) is 10.7. The highest BCUT2D eigenvalue weighted by molar-refractivity contribution is 5.96. The largest absolute Gasteiger partial charge is 0.463 e. The molecule has 1 amide bonds. The maximum absolute atomic E-state index is 13.5. The SMILES string of the molecule is CCOC(=O)C1=C(C)N(CC(=O)Nc2cc(F)cc(F)c2)c2ncnn2[C@@H]1c1ccc(C)cc1. The van der Waals surface area contributed by atoms with Gasteiger partial charge in [-0.1, -0.05) is 29.8 Å². The van der Waals surface area contributed by atoms with Crippen LogP contribution in [0.3, 0.4) is 0 Å². The molecule has 1 N–H and O–H groups in total. The van der Waals surface area contributed by atoms with Crippen molar-refractivity contribution in [1.29, 1.82) is 0 Å². The number of hydrogen-bond donors (Lipinski definition) is 1. The molecule has 0 radical (unpaired) electrons. The van der Waals surface area contributed by atoms with E-state index in [-0.39, 0.29) is 18.8 Å². The summed E-state index contributed by atoms with van der Waals surface area (Å²) in [6, 6.07) is 9.81. The molecule has 0 unspecified atom stereocenters. The molecule has 0 aliphatic carbocycles. The van der Waals surface area contributed by atoms with Crippen LogP contribution in [0.5, 0.6) is 0 Å². The molecular weight excluding hydrogens is 444 g/mol. The van der Waals surface area contributed by atoms with Crippen LogP contribution in [0.1, 0.15) is 31.0 Å². The van der Waals surface area contributed by atoms with E-state index in [4.69, 9.17) is 4.74 Å². The maximum Gasteiger partial charge on any atom is 0.338 e. The van der Waals surface area contributed by atoms with Crippen LogP contribution in [0, 0.1) is 18.6 Å². The maximum atomic E-state index is 13.5. The number of fused-ring (bicyclic) bond motifs is 1. The van der Waals surface area contributed by atoms with Gasteiger partial charge in [0.15, 0.2) is 0 Å². The number of amides is 1. The van der Waals surface area contributed by atoms with Gasteiger partial charge in [0.25, 0.3) is 0 Å². The number of nitrogens with zero attached hydrogens (tertiary/aromatic N) is 4. The number of ether oxygens (including phenoxy) is 1. The van der Waals surface area contributed by atoms with Crippen molar-refractivity contribution in [3.8, 4) is 0 Å². The van der Waals surface area contributed by atoms with Gasteiger partial charge in [-0.3, -0.25) is 4.79 Å². The molecular formula is C24H23F2N5O3. The topological polar surface area (TPSA) is 89.3 Å². The lowest BCUT2D eigenvalue weighted by molar-refractivity contribution is -0.139. The molecule has 0 bridgehead atoms. The van der Waals surface area contributed by atoms with Gasteiger partial charge in [0.05, 0.1) is 12.2 Å². The number of rotatable bonds is 6. The fraction of sp³-hybridized carbons (Fsp3) is 0.250. The Kier molecular flexibility index (Phi) is 6.40. The highest BCUT2D eigenvalue weighted by Crippen LogP contribution is 2.38. The number of benzene rings is 2. The quantitative estimate of drug-likeness (QED) is 0.556. The zero-order valence-electron chi connectivity index (χ0n) is 18.9. The van der Waals surface area contributed by atoms with Crippen molar-refractivity contribution in [3.63, 3.8) is 0 Å².